The smallest absolute Gasteiger partial charge is 0.251 e. The second-order valence-corrected chi connectivity index (χ2v) is 5.13. The van der Waals surface area contributed by atoms with E-state index in [4.69, 9.17) is 23.2 Å². The van der Waals surface area contributed by atoms with Crippen molar-refractivity contribution in [2.24, 2.45) is 0 Å². The zero-order chi connectivity index (χ0) is 12.3. The minimum Gasteiger partial charge on any atom is -0.346 e. The Morgan fingerprint density at radius 3 is 2.56 bits per heavy atom. The van der Waals surface area contributed by atoms with Crippen LogP contribution >= 0.6 is 23.2 Å². The third kappa shape index (κ3) is 3.39. The van der Waals surface area contributed by atoms with Gasteiger partial charge in [-0.1, -0.05) is 11.6 Å². The van der Waals surface area contributed by atoms with E-state index in [0.717, 1.165) is 5.56 Å². The number of nitrogens with one attached hydrogen (secondary N) is 1. The van der Waals surface area contributed by atoms with E-state index >= 15 is 0 Å². The van der Waals surface area contributed by atoms with Gasteiger partial charge in [-0.05, 0) is 44.5 Å². The van der Waals surface area contributed by atoms with Gasteiger partial charge in [0.1, 0.15) is 0 Å². The third-order valence-electron chi connectivity index (χ3n) is 2.22. The average Bonchev–Trinajstić information content (AvgIpc) is 2.16. The monoisotopic (exact) mass is 259 g/mol. The molecule has 0 aliphatic carbocycles. The first kappa shape index (κ1) is 13.3. The highest BCUT2D eigenvalue weighted by Gasteiger charge is 2.20. The Morgan fingerprint density at radius 2 is 2.06 bits per heavy atom. The van der Waals surface area contributed by atoms with Crippen molar-refractivity contribution >= 4 is 29.1 Å². The van der Waals surface area contributed by atoms with E-state index in [-0.39, 0.29) is 5.91 Å². The minimum absolute atomic E-state index is 0.125. The second kappa shape index (κ2) is 5.07. The number of rotatable bonds is 3. The standard InChI is InChI=1S/C12H15Cl2NO/c1-8-6-9(14)4-5-10(8)11(16)15-12(2,3)7-13/h4-6H,7H2,1-3H3,(H,15,16). The number of amides is 1. The molecule has 0 aliphatic heterocycles. The lowest BCUT2D eigenvalue weighted by molar-refractivity contribution is 0.0920. The normalized spacial score (nSPS) is 11.3. The molecular weight excluding hydrogens is 245 g/mol. The van der Waals surface area contributed by atoms with Crippen LogP contribution < -0.4 is 5.32 Å². The van der Waals surface area contributed by atoms with Crippen LogP contribution in [-0.4, -0.2) is 17.3 Å². The van der Waals surface area contributed by atoms with Crippen molar-refractivity contribution < 1.29 is 4.79 Å². The Hall–Kier alpha value is -0.730. The molecule has 0 radical (unpaired) electrons. The molecule has 0 spiro atoms. The molecule has 2 nitrogen and oxygen atoms in total. The summed E-state index contributed by atoms with van der Waals surface area (Å²) in [6.45, 7) is 5.61. The molecule has 1 amide bonds. The third-order valence-corrected chi connectivity index (χ3v) is 3.12. The second-order valence-electron chi connectivity index (χ2n) is 4.43. The molecule has 0 heterocycles. The first-order valence-corrected chi connectivity index (χ1v) is 5.91. The van der Waals surface area contributed by atoms with E-state index in [1.807, 2.05) is 20.8 Å². The summed E-state index contributed by atoms with van der Waals surface area (Å²) in [7, 11) is 0. The van der Waals surface area contributed by atoms with Gasteiger partial charge in [0, 0.05) is 22.0 Å². The van der Waals surface area contributed by atoms with Crippen LogP contribution in [0.5, 0.6) is 0 Å². The van der Waals surface area contributed by atoms with Gasteiger partial charge in [0.15, 0.2) is 0 Å². The van der Waals surface area contributed by atoms with Crippen LogP contribution in [0.2, 0.25) is 5.02 Å². The predicted molar refractivity (Wildman–Crippen MR) is 68.5 cm³/mol. The summed E-state index contributed by atoms with van der Waals surface area (Å²) >= 11 is 11.6. The van der Waals surface area contributed by atoms with Gasteiger partial charge in [-0.3, -0.25) is 4.79 Å². The van der Waals surface area contributed by atoms with Crippen molar-refractivity contribution in [2.45, 2.75) is 26.3 Å². The number of alkyl halides is 1. The number of benzene rings is 1. The van der Waals surface area contributed by atoms with Gasteiger partial charge < -0.3 is 5.32 Å². The highest BCUT2D eigenvalue weighted by molar-refractivity contribution is 6.30. The van der Waals surface area contributed by atoms with Crippen LogP contribution in [0.1, 0.15) is 29.8 Å². The first-order valence-electron chi connectivity index (χ1n) is 5.00. The fourth-order valence-corrected chi connectivity index (χ4v) is 1.58. The molecule has 1 aromatic carbocycles. The van der Waals surface area contributed by atoms with E-state index < -0.39 is 5.54 Å². The highest BCUT2D eigenvalue weighted by Crippen LogP contribution is 2.16. The van der Waals surface area contributed by atoms with Crippen LogP contribution in [0.25, 0.3) is 0 Å². The first-order chi connectivity index (χ1) is 7.35. The molecule has 0 unspecified atom stereocenters. The lowest BCUT2D eigenvalue weighted by Crippen LogP contribution is -2.45. The highest BCUT2D eigenvalue weighted by atomic mass is 35.5. The van der Waals surface area contributed by atoms with Crippen LogP contribution in [0.15, 0.2) is 18.2 Å². The number of hydrogen-bond donors (Lipinski definition) is 1. The van der Waals surface area contributed by atoms with Crippen molar-refractivity contribution in [3.63, 3.8) is 0 Å². The lowest BCUT2D eigenvalue weighted by atomic mass is 10.0. The molecule has 0 bridgehead atoms. The molecule has 0 aliphatic rings. The average molecular weight is 260 g/mol. The number of halogens is 2. The fraction of sp³-hybridized carbons (Fsp3) is 0.417. The summed E-state index contributed by atoms with van der Waals surface area (Å²) in [4.78, 5) is 11.9. The van der Waals surface area contributed by atoms with Gasteiger partial charge >= 0.3 is 0 Å². The molecule has 1 aromatic rings. The molecule has 1 rings (SSSR count). The van der Waals surface area contributed by atoms with Crippen molar-refractivity contribution in [1.82, 2.24) is 5.32 Å². The van der Waals surface area contributed by atoms with Gasteiger partial charge in [0.25, 0.3) is 5.91 Å². The molecule has 1 N–H and O–H groups in total. The van der Waals surface area contributed by atoms with E-state index in [9.17, 15) is 4.79 Å². The van der Waals surface area contributed by atoms with Gasteiger partial charge in [-0.25, -0.2) is 0 Å². The van der Waals surface area contributed by atoms with Gasteiger partial charge in [0.05, 0.1) is 0 Å². The number of carbonyl (C=O) groups is 1. The fourth-order valence-electron chi connectivity index (χ4n) is 1.29. The Morgan fingerprint density at radius 1 is 1.44 bits per heavy atom. The molecule has 4 heteroatoms. The Labute approximate surface area is 106 Å². The van der Waals surface area contributed by atoms with Crippen molar-refractivity contribution in [3.05, 3.63) is 34.3 Å². The minimum atomic E-state index is -0.412. The maximum atomic E-state index is 11.9. The van der Waals surface area contributed by atoms with Crippen LogP contribution in [-0.2, 0) is 0 Å². The molecule has 0 fully saturated rings. The quantitative estimate of drug-likeness (QED) is 0.829. The largest absolute Gasteiger partial charge is 0.346 e. The number of hydrogen-bond acceptors (Lipinski definition) is 1. The van der Waals surface area contributed by atoms with Gasteiger partial charge in [-0.2, -0.15) is 0 Å². The summed E-state index contributed by atoms with van der Waals surface area (Å²) in [5.41, 5.74) is 1.07. The number of aryl methyl sites for hydroxylation is 1. The molecule has 0 saturated heterocycles. The van der Waals surface area contributed by atoms with Gasteiger partial charge in [-0.15, -0.1) is 11.6 Å². The Bertz CT molecular complexity index is 402. The molecule has 0 saturated carbocycles. The summed E-state index contributed by atoms with van der Waals surface area (Å²) in [5, 5.41) is 3.50. The summed E-state index contributed by atoms with van der Waals surface area (Å²) in [6.07, 6.45) is 0. The van der Waals surface area contributed by atoms with Crippen molar-refractivity contribution in [1.29, 1.82) is 0 Å². The Kier molecular flexibility index (Phi) is 4.22. The zero-order valence-electron chi connectivity index (χ0n) is 9.60. The topological polar surface area (TPSA) is 29.1 Å². The Balaban J connectivity index is 2.89. The van der Waals surface area contributed by atoms with Crippen molar-refractivity contribution in [2.75, 3.05) is 5.88 Å². The van der Waals surface area contributed by atoms with Crippen LogP contribution in [0.4, 0.5) is 0 Å². The molecule has 88 valence electrons. The molecule has 16 heavy (non-hydrogen) atoms. The zero-order valence-corrected chi connectivity index (χ0v) is 11.1. The van der Waals surface area contributed by atoms with Crippen LogP contribution in [0, 0.1) is 6.92 Å². The predicted octanol–water partition coefficient (Wildman–Crippen LogP) is 3.40. The lowest BCUT2D eigenvalue weighted by Gasteiger charge is -2.23. The van der Waals surface area contributed by atoms with E-state index in [2.05, 4.69) is 5.32 Å². The summed E-state index contributed by atoms with van der Waals surface area (Å²) in [6, 6.07) is 5.19. The summed E-state index contributed by atoms with van der Waals surface area (Å²) in [5.74, 6) is 0.241. The maximum absolute atomic E-state index is 11.9. The van der Waals surface area contributed by atoms with E-state index in [1.165, 1.54) is 0 Å². The summed E-state index contributed by atoms with van der Waals surface area (Å²) < 4.78 is 0. The van der Waals surface area contributed by atoms with Crippen LogP contribution in [0.3, 0.4) is 0 Å². The van der Waals surface area contributed by atoms with Crippen molar-refractivity contribution in [3.8, 4) is 0 Å². The maximum Gasteiger partial charge on any atom is 0.251 e. The molecule has 0 atom stereocenters. The molecular formula is C12H15Cl2NO. The number of carbonyl (C=O) groups excluding carboxylic acids is 1. The van der Waals surface area contributed by atoms with Gasteiger partial charge in [0.2, 0.25) is 0 Å². The SMILES string of the molecule is Cc1cc(Cl)ccc1C(=O)NC(C)(C)CCl. The van der Waals surface area contributed by atoms with E-state index in [1.54, 1.807) is 18.2 Å². The van der Waals surface area contributed by atoms with E-state index in [0.29, 0.717) is 16.5 Å². The molecule has 0 aromatic heterocycles.